The Morgan fingerprint density at radius 3 is 3.00 bits per heavy atom. The predicted octanol–water partition coefficient (Wildman–Crippen LogP) is 4.16. The minimum atomic E-state index is 0.224. The summed E-state index contributed by atoms with van der Waals surface area (Å²) in [5.41, 5.74) is 2.70. The van der Waals surface area contributed by atoms with Gasteiger partial charge < -0.3 is 5.32 Å². The minimum Gasteiger partial charge on any atom is -0.307 e. The van der Waals surface area contributed by atoms with E-state index in [1.807, 2.05) is 29.7 Å². The van der Waals surface area contributed by atoms with Gasteiger partial charge in [-0.05, 0) is 48.7 Å². The van der Waals surface area contributed by atoms with Crippen molar-refractivity contribution >= 4 is 32.8 Å². The van der Waals surface area contributed by atoms with Gasteiger partial charge in [-0.2, -0.15) is 0 Å². The Kier molecular flexibility index (Phi) is 3.10. The lowest BCUT2D eigenvalue weighted by Crippen LogP contribution is -2.17. The molecule has 1 aliphatic carbocycles. The van der Waals surface area contributed by atoms with Crippen LogP contribution < -0.4 is 5.32 Å². The van der Waals surface area contributed by atoms with Crippen molar-refractivity contribution in [1.82, 2.24) is 10.3 Å². The molecule has 1 atom stereocenters. The fourth-order valence-electron chi connectivity index (χ4n) is 2.97. The SMILES string of the molecule is CNC(c1nc2c(s1)CCC2)c1csc2ccccc12. The van der Waals surface area contributed by atoms with Crippen LogP contribution in [0.3, 0.4) is 0 Å². The monoisotopic (exact) mass is 300 g/mol. The molecule has 0 radical (unpaired) electrons. The zero-order chi connectivity index (χ0) is 13.5. The largest absolute Gasteiger partial charge is 0.307 e. The first-order valence-corrected chi connectivity index (χ1v) is 8.68. The second kappa shape index (κ2) is 4.95. The van der Waals surface area contributed by atoms with E-state index in [9.17, 15) is 0 Å². The van der Waals surface area contributed by atoms with Crippen LogP contribution >= 0.6 is 22.7 Å². The average Bonchev–Trinajstić information content (AvgIpc) is 3.14. The first-order chi connectivity index (χ1) is 9.86. The number of aryl methyl sites for hydroxylation is 2. The maximum Gasteiger partial charge on any atom is 0.115 e. The molecule has 4 heteroatoms. The summed E-state index contributed by atoms with van der Waals surface area (Å²) in [6.07, 6.45) is 3.65. The number of hydrogen-bond acceptors (Lipinski definition) is 4. The molecule has 0 saturated heterocycles. The molecular weight excluding hydrogens is 284 g/mol. The van der Waals surface area contributed by atoms with Gasteiger partial charge in [0.25, 0.3) is 0 Å². The minimum absolute atomic E-state index is 0.224. The lowest BCUT2D eigenvalue weighted by atomic mass is 10.1. The van der Waals surface area contributed by atoms with Gasteiger partial charge >= 0.3 is 0 Å². The Morgan fingerprint density at radius 1 is 1.25 bits per heavy atom. The molecule has 4 rings (SSSR count). The van der Waals surface area contributed by atoms with Crippen LogP contribution in [0.25, 0.3) is 10.1 Å². The van der Waals surface area contributed by atoms with Gasteiger partial charge in [0.15, 0.2) is 0 Å². The number of rotatable bonds is 3. The van der Waals surface area contributed by atoms with Crippen LogP contribution in [0.4, 0.5) is 0 Å². The van der Waals surface area contributed by atoms with Gasteiger partial charge in [0.05, 0.1) is 11.7 Å². The molecule has 1 unspecified atom stereocenters. The number of aromatic nitrogens is 1. The van der Waals surface area contributed by atoms with Crippen LogP contribution in [0, 0.1) is 0 Å². The summed E-state index contributed by atoms with van der Waals surface area (Å²) in [4.78, 5) is 6.39. The van der Waals surface area contributed by atoms with Crippen molar-refractivity contribution in [3.63, 3.8) is 0 Å². The molecule has 1 N–H and O–H groups in total. The Morgan fingerprint density at radius 2 is 2.15 bits per heavy atom. The highest BCUT2D eigenvalue weighted by molar-refractivity contribution is 7.17. The molecule has 0 bridgehead atoms. The van der Waals surface area contributed by atoms with E-state index in [-0.39, 0.29) is 6.04 Å². The van der Waals surface area contributed by atoms with Gasteiger partial charge in [-0.15, -0.1) is 22.7 Å². The quantitative estimate of drug-likeness (QED) is 0.786. The number of thiophene rings is 1. The van der Waals surface area contributed by atoms with E-state index >= 15 is 0 Å². The fourth-order valence-corrected chi connectivity index (χ4v) is 5.24. The number of thiazole rings is 1. The van der Waals surface area contributed by atoms with Gasteiger partial charge in [-0.1, -0.05) is 18.2 Å². The van der Waals surface area contributed by atoms with Crippen molar-refractivity contribution in [2.75, 3.05) is 7.05 Å². The third-order valence-electron chi connectivity index (χ3n) is 3.97. The standard InChI is InChI=1S/C16H16N2S2/c1-17-15(16-18-12-6-4-8-14(12)20-16)11-9-19-13-7-3-2-5-10(11)13/h2-3,5,7,9,15,17H,4,6,8H2,1H3. The molecule has 1 aliphatic rings. The van der Waals surface area contributed by atoms with E-state index in [0.717, 1.165) is 6.42 Å². The Labute approximate surface area is 126 Å². The molecule has 1 aromatic carbocycles. The van der Waals surface area contributed by atoms with E-state index in [0.29, 0.717) is 0 Å². The normalized spacial score (nSPS) is 15.7. The van der Waals surface area contributed by atoms with E-state index < -0.39 is 0 Å². The maximum atomic E-state index is 4.89. The van der Waals surface area contributed by atoms with Gasteiger partial charge in [-0.25, -0.2) is 4.98 Å². The van der Waals surface area contributed by atoms with Crippen LogP contribution in [0.15, 0.2) is 29.6 Å². The molecule has 2 aromatic heterocycles. The highest BCUT2D eigenvalue weighted by Crippen LogP contribution is 2.37. The first kappa shape index (κ1) is 12.5. The van der Waals surface area contributed by atoms with Crippen LogP contribution in [-0.4, -0.2) is 12.0 Å². The highest BCUT2D eigenvalue weighted by atomic mass is 32.1. The molecular formula is C16H16N2S2. The summed E-state index contributed by atoms with van der Waals surface area (Å²) in [5, 5.41) is 8.31. The molecule has 0 amide bonds. The topological polar surface area (TPSA) is 24.9 Å². The number of benzene rings is 1. The highest BCUT2D eigenvalue weighted by Gasteiger charge is 2.23. The zero-order valence-corrected chi connectivity index (χ0v) is 13.0. The lowest BCUT2D eigenvalue weighted by molar-refractivity contribution is 0.689. The Bertz CT molecular complexity index is 735. The van der Waals surface area contributed by atoms with E-state index in [1.165, 1.54) is 44.1 Å². The van der Waals surface area contributed by atoms with Crippen LogP contribution in [0.5, 0.6) is 0 Å². The van der Waals surface area contributed by atoms with Crippen LogP contribution in [0.1, 0.15) is 33.6 Å². The molecule has 2 nitrogen and oxygen atoms in total. The van der Waals surface area contributed by atoms with Crippen LogP contribution in [0.2, 0.25) is 0 Å². The molecule has 0 saturated carbocycles. The summed E-state index contributed by atoms with van der Waals surface area (Å²) < 4.78 is 1.35. The maximum absolute atomic E-state index is 4.89. The predicted molar refractivity (Wildman–Crippen MR) is 86.9 cm³/mol. The summed E-state index contributed by atoms with van der Waals surface area (Å²) in [6, 6.07) is 8.86. The molecule has 102 valence electrons. The Hall–Kier alpha value is -1.23. The molecule has 2 heterocycles. The average molecular weight is 300 g/mol. The third kappa shape index (κ3) is 1.91. The third-order valence-corrected chi connectivity index (χ3v) is 6.17. The van der Waals surface area contributed by atoms with Gasteiger partial charge in [0.1, 0.15) is 5.01 Å². The summed E-state index contributed by atoms with van der Waals surface area (Å²) in [6.45, 7) is 0. The number of hydrogen-bond donors (Lipinski definition) is 1. The second-order valence-electron chi connectivity index (χ2n) is 5.18. The fraction of sp³-hybridized carbons (Fsp3) is 0.312. The van der Waals surface area contributed by atoms with Crippen molar-refractivity contribution in [3.8, 4) is 0 Å². The van der Waals surface area contributed by atoms with Crippen molar-refractivity contribution in [3.05, 3.63) is 50.8 Å². The van der Waals surface area contributed by atoms with E-state index in [2.05, 4.69) is 35.0 Å². The molecule has 3 aromatic rings. The van der Waals surface area contributed by atoms with E-state index in [1.54, 1.807) is 0 Å². The van der Waals surface area contributed by atoms with Crippen molar-refractivity contribution in [2.45, 2.75) is 25.3 Å². The number of nitrogens with one attached hydrogen (secondary N) is 1. The number of fused-ring (bicyclic) bond motifs is 2. The smallest absolute Gasteiger partial charge is 0.115 e. The van der Waals surface area contributed by atoms with Gasteiger partial charge in [0.2, 0.25) is 0 Å². The summed E-state index contributed by atoms with van der Waals surface area (Å²) >= 11 is 3.71. The van der Waals surface area contributed by atoms with Crippen LogP contribution in [-0.2, 0) is 12.8 Å². The van der Waals surface area contributed by atoms with Gasteiger partial charge in [0, 0.05) is 9.58 Å². The van der Waals surface area contributed by atoms with Crippen molar-refractivity contribution < 1.29 is 0 Å². The molecule has 0 spiro atoms. The molecule has 20 heavy (non-hydrogen) atoms. The first-order valence-electron chi connectivity index (χ1n) is 6.98. The second-order valence-corrected chi connectivity index (χ2v) is 7.21. The summed E-state index contributed by atoms with van der Waals surface area (Å²) in [7, 11) is 2.03. The molecule has 0 aliphatic heterocycles. The van der Waals surface area contributed by atoms with E-state index in [4.69, 9.17) is 4.98 Å². The molecule has 0 fully saturated rings. The van der Waals surface area contributed by atoms with Gasteiger partial charge in [-0.3, -0.25) is 0 Å². The summed E-state index contributed by atoms with van der Waals surface area (Å²) in [5.74, 6) is 0. The lowest BCUT2D eigenvalue weighted by Gasteiger charge is -2.13. The zero-order valence-electron chi connectivity index (χ0n) is 11.3. The Balaban J connectivity index is 1.81. The number of nitrogens with zero attached hydrogens (tertiary/aromatic N) is 1. The van der Waals surface area contributed by atoms with Crippen molar-refractivity contribution in [2.24, 2.45) is 0 Å². The van der Waals surface area contributed by atoms with Crippen molar-refractivity contribution in [1.29, 1.82) is 0 Å².